The smallest absolute Gasteiger partial charge is 0.316 e. The van der Waals surface area contributed by atoms with Crippen LogP contribution in [-0.4, -0.2) is 71.7 Å². The van der Waals surface area contributed by atoms with E-state index in [1.165, 1.54) is 0 Å². The van der Waals surface area contributed by atoms with E-state index < -0.39 is 0 Å². The molecule has 2 aliphatic rings. The van der Waals surface area contributed by atoms with E-state index in [1.807, 2.05) is 4.90 Å². The molecule has 0 spiro atoms. The summed E-state index contributed by atoms with van der Waals surface area (Å²) in [7, 11) is 1.56. The molecule has 3 heterocycles. The van der Waals surface area contributed by atoms with Gasteiger partial charge in [-0.25, -0.2) is 9.97 Å². The summed E-state index contributed by atoms with van der Waals surface area (Å²) in [4.78, 5) is 25.0. The quantitative estimate of drug-likeness (QED) is 0.813. The summed E-state index contributed by atoms with van der Waals surface area (Å²) in [5, 5.41) is 0. The van der Waals surface area contributed by atoms with Crippen LogP contribution in [0.25, 0.3) is 0 Å². The van der Waals surface area contributed by atoms with Crippen molar-refractivity contribution in [3.63, 3.8) is 0 Å². The van der Waals surface area contributed by atoms with Crippen LogP contribution in [0.3, 0.4) is 0 Å². The topological polar surface area (TPSA) is 67.8 Å². The zero-order valence-corrected chi connectivity index (χ0v) is 13.6. The van der Waals surface area contributed by atoms with Crippen molar-refractivity contribution in [2.75, 3.05) is 39.9 Å². The van der Waals surface area contributed by atoms with E-state index in [0.29, 0.717) is 12.6 Å². The van der Waals surface area contributed by atoms with Gasteiger partial charge in [0.05, 0.1) is 7.11 Å². The van der Waals surface area contributed by atoms with Crippen molar-refractivity contribution in [3.05, 3.63) is 18.0 Å². The number of hydrogen-bond donors (Lipinski definition) is 0. The Balaban J connectivity index is 1.52. The Morgan fingerprint density at radius 1 is 1.26 bits per heavy atom. The van der Waals surface area contributed by atoms with Crippen molar-refractivity contribution in [1.29, 1.82) is 0 Å². The Kier molecular flexibility index (Phi) is 5.40. The predicted molar refractivity (Wildman–Crippen MR) is 84.0 cm³/mol. The van der Waals surface area contributed by atoms with E-state index >= 15 is 0 Å². The maximum absolute atomic E-state index is 12.4. The first-order chi connectivity index (χ1) is 11.3. The summed E-state index contributed by atoms with van der Waals surface area (Å²) < 4.78 is 10.5. The molecule has 0 unspecified atom stereocenters. The van der Waals surface area contributed by atoms with Crippen molar-refractivity contribution >= 4 is 5.91 Å². The average Bonchev–Trinajstić information content (AvgIpc) is 3.02. The summed E-state index contributed by atoms with van der Waals surface area (Å²) in [6.45, 7) is 4.93. The lowest BCUT2D eigenvalue weighted by molar-refractivity contribution is -0.140. The van der Waals surface area contributed by atoms with Crippen LogP contribution in [0.15, 0.2) is 12.4 Å². The van der Waals surface area contributed by atoms with Gasteiger partial charge in [0.15, 0.2) is 0 Å². The minimum absolute atomic E-state index is 0.164. The summed E-state index contributed by atoms with van der Waals surface area (Å²) in [5.74, 6) is 0.164. The van der Waals surface area contributed by atoms with Crippen LogP contribution in [0.1, 0.15) is 24.8 Å². The van der Waals surface area contributed by atoms with Gasteiger partial charge in [-0.15, -0.1) is 0 Å². The summed E-state index contributed by atoms with van der Waals surface area (Å²) >= 11 is 0. The molecule has 0 N–H and O–H groups in total. The Morgan fingerprint density at radius 3 is 2.78 bits per heavy atom. The third kappa shape index (κ3) is 4.17. The van der Waals surface area contributed by atoms with Crippen LogP contribution in [0.4, 0.5) is 0 Å². The van der Waals surface area contributed by atoms with Gasteiger partial charge in [-0.3, -0.25) is 9.69 Å². The van der Waals surface area contributed by atoms with Crippen LogP contribution < -0.4 is 4.74 Å². The molecule has 126 valence electrons. The first-order valence-electron chi connectivity index (χ1n) is 8.24. The summed E-state index contributed by atoms with van der Waals surface area (Å²) in [6.07, 6.45) is 6.22. The number of amides is 1. The van der Waals surface area contributed by atoms with Crippen molar-refractivity contribution in [2.24, 2.45) is 0 Å². The second-order valence-corrected chi connectivity index (χ2v) is 6.03. The molecule has 2 saturated heterocycles. The summed E-state index contributed by atoms with van der Waals surface area (Å²) in [5.41, 5.74) is 1.06. The monoisotopic (exact) mass is 320 g/mol. The van der Waals surface area contributed by atoms with Gasteiger partial charge in [0.25, 0.3) is 5.91 Å². The van der Waals surface area contributed by atoms with Crippen LogP contribution in [0.2, 0.25) is 0 Å². The maximum atomic E-state index is 12.4. The van der Waals surface area contributed by atoms with Crippen molar-refractivity contribution in [3.8, 4) is 6.01 Å². The molecule has 3 rings (SSSR count). The molecule has 1 amide bonds. The zero-order chi connectivity index (χ0) is 16.1. The second-order valence-electron chi connectivity index (χ2n) is 6.03. The van der Waals surface area contributed by atoms with Gasteiger partial charge in [-0.1, -0.05) is 0 Å². The fourth-order valence-electron chi connectivity index (χ4n) is 3.11. The predicted octanol–water partition coefficient (Wildman–Crippen LogP) is 0.698. The molecule has 7 nitrogen and oxygen atoms in total. The standard InChI is InChI=1S/C16H24N4O3/c1-22-16-17-10-13(11-18-16)12-19-5-3-6-20(8-7-19)15(21)14-4-2-9-23-14/h10-11,14H,2-9,12H2,1H3/t14-/m1/s1. The first kappa shape index (κ1) is 16.1. The third-order valence-corrected chi connectivity index (χ3v) is 4.38. The van der Waals surface area contributed by atoms with Crippen LogP contribution in [0.5, 0.6) is 6.01 Å². The molecule has 0 bridgehead atoms. The minimum Gasteiger partial charge on any atom is -0.467 e. The van der Waals surface area contributed by atoms with Crippen molar-refractivity contribution < 1.29 is 14.3 Å². The normalized spacial score (nSPS) is 22.8. The van der Waals surface area contributed by atoms with E-state index in [2.05, 4.69) is 14.9 Å². The number of aromatic nitrogens is 2. The molecule has 1 aromatic heterocycles. The molecule has 0 aliphatic carbocycles. The molecule has 7 heteroatoms. The molecule has 0 radical (unpaired) electrons. The first-order valence-corrected chi connectivity index (χ1v) is 8.24. The number of methoxy groups -OCH3 is 1. The van der Waals surface area contributed by atoms with Gasteiger partial charge in [0.1, 0.15) is 6.10 Å². The molecule has 23 heavy (non-hydrogen) atoms. The highest BCUT2D eigenvalue weighted by Gasteiger charge is 2.29. The van der Waals surface area contributed by atoms with Crippen LogP contribution in [-0.2, 0) is 16.1 Å². The Morgan fingerprint density at radius 2 is 2.09 bits per heavy atom. The zero-order valence-electron chi connectivity index (χ0n) is 13.6. The summed E-state index contributed by atoms with van der Waals surface area (Å²) in [6, 6.07) is 0.387. The highest BCUT2D eigenvalue weighted by atomic mass is 16.5. The van der Waals surface area contributed by atoms with Crippen molar-refractivity contribution in [2.45, 2.75) is 31.9 Å². The lowest BCUT2D eigenvalue weighted by atomic mass is 10.2. The number of carbonyl (C=O) groups is 1. The van der Waals surface area contributed by atoms with Crippen LogP contribution in [0, 0.1) is 0 Å². The fraction of sp³-hybridized carbons (Fsp3) is 0.688. The van der Waals surface area contributed by atoms with E-state index in [-0.39, 0.29) is 12.0 Å². The van der Waals surface area contributed by atoms with E-state index in [9.17, 15) is 4.79 Å². The number of rotatable bonds is 4. The second kappa shape index (κ2) is 7.70. The molecule has 0 aromatic carbocycles. The molecule has 1 atom stereocenters. The van der Waals surface area contributed by atoms with Crippen LogP contribution >= 0.6 is 0 Å². The molecular weight excluding hydrogens is 296 g/mol. The Labute approximate surface area is 136 Å². The van der Waals surface area contributed by atoms with E-state index in [4.69, 9.17) is 9.47 Å². The molecular formula is C16H24N4O3. The Bertz CT molecular complexity index is 517. The van der Waals surface area contributed by atoms with Crippen molar-refractivity contribution in [1.82, 2.24) is 19.8 Å². The fourth-order valence-corrected chi connectivity index (χ4v) is 3.11. The third-order valence-electron chi connectivity index (χ3n) is 4.38. The van der Waals surface area contributed by atoms with Gasteiger partial charge >= 0.3 is 6.01 Å². The molecule has 0 saturated carbocycles. The highest BCUT2D eigenvalue weighted by molar-refractivity contribution is 5.81. The van der Waals surface area contributed by atoms with E-state index in [1.54, 1.807) is 19.5 Å². The SMILES string of the molecule is COc1ncc(CN2CCCN(C(=O)[C@H]3CCCO3)CC2)cn1. The number of ether oxygens (including phenoxy) is 2. The maximum Gasteiger partial charge on any atom is 0.316 e. The Hall–Kier alpha value is -1.73. The van der Waals surface area contributed by atoms with Gasteiger partial charge in [0, 0.05) is 57.3 Å². The van der Waals surface area contributed by atoms with Gasteiger partial charge in [0.2, 0.25) is 0 Å². The molecule has 2 fully saturated rings. The van der Waals surface area contributed by atoms with Gasteiger partial charge < -0.3 is 14.4 Å². The van der Waals surface area contributed by atoms with Gasteiger partial charge in [-0.05, 0) is 19.3 Å². The number of hydrogen-bond acceptors (Lipinski definition) is 6. The highest BCUT2D eigenvalue weighted by Crippen LogP contribution is 2.16. The van der Waals surface area contributed by atoms with E-state index in [0.717, 1.165) is 57.5 Å². The van der Waals surface area contributed by atoms with Gasteiger partial charge in [-0.2, -0.15) is 0 Å². The molecule has 2 aliphatic heterocycles. The molecule has 1 aromatic rings. The lowest BCUT2D eigenvalue weighted by Gasteiger charge is -2.24. The largest absolute Gasteiger partial charge is 0.467 e. The number of nitrogens with zero attached hydrogens (tertiary/aromatic N) is 4. The average molecular weight is 320 g/mol. The number of carbonyl (C=O) groups excluding carboxylic acids is 1. The minimum atomic E-state index is -0.212. The lowest BCUT2D eigenvalue weighted by Crippen LogP contribution is -2.41.